The number of para-hydroxylation sites is 1. The van der Waals surface area contributed by atoms with E-state index in [0.29, 0.717) is 24.6 Å². The fraction of sp³-hybridized carbons (Fsp3) is 0.312. The number of ether oxygens (including phenoxy) is 1. The predicted octanol–water partition coefficient (Wildman–Crippen LogP) is 3.44. The molecule has 2 N–H and O–H groups in total. The van der Waals surface area contributed by atoms with E-state index in [-0.39, 0.29) is 0 Å². The van der Waals surface area contributed by atoms with Gasteiger partial charge in [0.2, 0.25) is 0 Å². The van der Waals surface area contributed by atoms with Gasteiger partial charge in [-0.1, -0.05) is 18.2 Å². The lowest BCUT2D eigenvalue weighted by atomic mass is 10.2. The van der Waals surface area contributed by atoms with Crippen LogP contribution in [0.4, 0.5) is 0 Å². The Labute approximate surface area is 128 Å². The van der Waals surface area contributed by atoms with Gasteiger partial charge >= 0.3 is 5.97 Å². The molecule has 1 heterocycles. The second-order valence-corrected chi connectivity index (χ2v) is 5.80. The number of rotatable bonds is 7. The largest absolute Gasteiger partial charge is 0.494 e. The monoisotopic (exact) mass is 305 g/mol. The first-order chi connectivity index (χ1) is 10.1. The number of benzene rings is 1. The maximum atomic E-state index is 11.0. The maximum absolute atomic E-state index is 11.0. The molecule has 0 aliphatic heterocycles. The van der Waals surface area contributed by atoms with Crippen molar-refractivity contribution in [3.8, 4) is 5.75 Å². The van der Waals surface area contributed by atoms with Crippen LogP contribution in [0.25, 0.3) is 0 Å². The van der Waals surface area contributed by atoms with E-state index in [9.17, 15) is 4.79 Å². The van der Waals surface area contributed by atoms with E-state index in [1.807, 2.05) is 38.1 Å². The molecule has 0 saturated heterocycles. The van der Waals surface area contributed by atoms with Crippen molar-refractivity contribution in [1.29, 1.82) is 0 Å². The number of hydrogen-bond acceptors (Lipinski definition) is 4. The summed E-state index contributed by atoms with van der Waals surface area (Å²) in [6.07, 6.45) is 0. The van der Waals surface area contributed by atoms with E-state index in [1.54, 1.807) is 6.07 Å². The highest BCUT2D eigenvalue weighted by Crippen LogP contribution is 2.22. The zero-order chi connectivity index (χ0) is 15.2. The topological polar surface area (TPSA) is 58.6 Å². The molecule has 0 radical (unpaired) electrons. The zero-order valence-electron chi connectivity index (χ0n) is 12.2. The summed E-state index contributed by atoms with van der Waals surface area (Å²) in [5.41, 5.74) is 2.12. The highest BCUT2D eigenvalue weighted by Gasteiger charge is 2.11. The highest BCUT2D eigenvalue weighted by atomic mass is 32.1. The van der Waals surface area contributed by atoms with Crippen LogP contribution in [0.5, 0.6) is 5.75 Å². The van der Waals surface area contributed by atoms with Crippen LogP contribution in [0.1, 0.15) is 32.6 Å². The number of thiophene rings is 1. The van der Waals surface area contributed by atoms with Crippen LogP contribution in [-0.4, -0.2) is 17.7 Å². The molecule has 112 valence electrons. The second kappa shape index (κ2) is 7.24. The molecule has 0 aliphatic rings. The molecular formula is C16H19NO3S. The Morgan fingerprint density at radius 1 is 1.33 bits per heavy atom. The number of nitrogens with one attached hydrogen (secondary N) is 1. The van der Waals surface area contributed by atoms with Crippen molar-refractivity contribution in [2.45, 2.75) is 26.9 Å². The lowest BCUT2D eigenvalue weighted by Crippen LogP contribution is -2.13. The van der Waals surface area contributed by atoms with Gasteiger partial charge in [-0.15, -0.1) is 11.3 Å². The first kappa shape index (κ1) is 15.5. The summed E-state index contributed by atoms with van der Waals surface area (Å²) in [6, 6.07) is 9.65. The summed E-state index contributed by atoms with van der Waals surface area (Å²) >= 11 is 1.32. The predicted molar refractivity (Wildman–Crippen MR) is 84.2 cm³/mol. The summed E-state index contributed by atoms with van der Waals surface area (Å²) in [4.78, 5) is 12.4. The van der Waals surface area contributed by atoms with Gasteiger partial charge in [0, 0.05) is 23.5 Å². The van der Waals surface area contributed by atoms with Crippen LogP contribution in [0.15, 0.2) is 30.3 Å². The molecule has 0 amide bonds. The first-order valence-electron chi connectivity index (χ1n) is 6.85. The molecule has 0 saturated carbocycles. The van der Waals surface area contributed by atoms with Gasteiger partial charge in [0.1, 0.15) is 10.6 Å². The zero-order valence-corrected chi connectivity index (χ0v) is 13.0. The number of aryl methyl sites for hydroxylation is 1. The summed E-state index contributed by atoms with van der Waals surface area (Å²) < 4.78 is 5.58. The summed E-state index contributed by atoms with van der Waals surface area (Å²) in [6.45, 7) is 5.89. The third kappa shape index (κ3) is 4.06. The van der Waals surface area contributed by atoms with E-state index in [2.05, 4.69) is 5.32 Å². The van der Waals surface area contributed by atoms with Crippen molar-refractivity contribution >= 4 is 17.3 Å². The van der Waals surface area contributed by atoms with Crippen molar-refractivity contribution in [3.63, 3.8) is 0 Å². The number of hydrogen-bond donors (Lipinski definition) is 2. The van der Waals surface area contributed by atoms with Crippen LogP contribution in [-0.2, 0) is 13.1 Å². The minimum Gasteiger partial charge on any atom is -0.494 e. The van der Waals surface area contributed by atoms with Gasteiger partial charge in [0.15, 0.2) is 0 Å². The van der Waals surface area contributed by atoms with Crippen molar-refractivity contribution in [1.82, 2.24) is 5.32 Å². The Bertz CT molecular complexity index is 622. The summed E-state index contributed by atoms with van der Waals surface area (Å²) in [5.74, 6) is 0.0256. The van der Waals surface area contributed by atoms with Crippen LogP contribution < -0.4 is 10.1 Å². The van der Waals surface area contributed by atoms with Crippen molar-refractivity contribution < 1.29 is 14.6 Å². The summed E-state index contributed by atoms with van der Waals surface area (Å²) in [7, 11) is 0. The molecule has 0 fully saturated rings. The Morgan fingerprint density at radius 3 is 2.76 bits per heavy atom. The van der Waals surface area contributed by atoms with Crippen molar-refractivity contribution in [2.75, 3.05) is 6.61 Å². The number of carboxylic acids is 1. The highest BCUT2D eigenvalue weighted by molar-refractivity contribution is 7.14. The molecule has 4 nitrogen and oxygen atoms in total. The van der Waals surface area contributed by atoms with E-state index in [1.165, 1.54) is 11.3 Å². The van der Waals surface area contributed by atoms with Gasteiger partial charge in [-0.25, -0.2) is 4.79 Å². The maximum Gasteiger partial charge on any atom is 0.345 e. The molecule has 2 aromatic rings. The molecule has 5 heteroatoms. The SMILES string of the molecule is CCOc1ccccc1CNCc1sc(C(=O)O)cc1C. The minimum atomic E-state index is -0.865. The molecule has 1 aromatic heterocycles. The number of carboxylic acid groups (broad SMARTS) is 1. The average Bonchev–Trinajstić information content (AvgIpc) is 2.83. The third-order valence-electron chi connectivity index (χ3n) is 3.10. The molecule has 0 atom stereocenters. The van der Waals surface area contributed by atoms with Gasteiger partial charge in [-0.05, 0) is 31.5 Å². The molecule has 1 aromatic carbocycles. The van der Waals surface area contributed by atoms with Crippen LogP contribution in [0.2, 0.25) is 0 Å². The van der Waals surface area contributed by atoms with Gasteiger partial charge in [-0.2, -0.15) is 0 Å². The minimum absolute atomic E-state index is 0.388. The van der Waals surface area contributed by atoms with Crippen molar-refractivity contribution in [3.05, 3.63) is 51.2 Å². The van der Waals surface area contributed by atoms with Gasteiger partial charge in [-0.3, -0.25) is 0 Å². The van der Waals surface area contributed by atoms with E-state index in [4.69, 9.17) is 9.84 Å². The standard InChI is InChI=1S/C16H19NO3S/c1-3-20-13-7-5-4-6-12(13)9-17-10-15-11(2)8-14(21-15)16(18)19/h4-8,17H,3,9-10H2,1-2H3,(H,18,19). The van der Waals surface area contributed by atoms with Gasteiger partial charge in [0.05, 0.1) is 6.61 Å². The van der Waals surface area contributed by atoms with Crippen LogP contribution in [0, 0.1) is 6.92 Å². The molecule has 0 bridgehead atoms. The molecule has 0 spiro atoms. The summed E-state index contributed by atoms with van der Waals surface area (Å²) in [5, 5.41) is 12.3. The molecule has 21 heavy (non-hydrogen) atoms. The van der Waals surface area contributed by atoms with E-state index >= 15 is 0 Å². The first-order valence-corrected chi connectivity index (χ1v) is 7.67. The molecular weight excluding hydrogens is 286 g/mol. The average molecular weight is 305 g/mol. The van der Waals surface area contributed by atoms with E-state index < -0.39 is 5.97 Å². The Balaban J connectivity index is 1.97. The lowest BCUT2D eigenvalue weighted by Gasteiger charge is -2.10. The second-order valence-electron chi connectivity index (χ2n) is 4.67. The smallest absolute Gasteiger partial charge is 0.345 e. The Kier molecular flexibility index (Phi) is 5.36. The number of aromatic carboxylic acids is 1. The molecule has 2 rings (SSSR count). The van der Waals surface area contributed by atoms with Crippen LogP contribution >= 0.6 is 11.3 Å². The van der Waals surface area contributed by atoms with Crippen LogP contribution in [0.3, 0.4) is 0 Å². The Morgan fingerprint density at radius 2 is 2.10 bits per heavy atom. The fourth-order valence-corrected chi connectivity index (χ4v) is 3.04. The van der Waals surface area contributed by atoms with Gasteiger partial charge in [0.25, 0.3) is 0 Å². The fourth-order valence-electron chi connectivity index (χ4n) is 2.06. The lowest BCUT2D eigenvalue weighted by molar-refractivity contribution is 0.0702. The van der Waals surface area contributed by atoms with E-state index in [0.717, 1.165) is 21.8 Å². The normalized spacial score (nSPS) is 10.6. The third-order valence-corrected chi connectivity index (χ3v) is 4.33. The number of carbonyl (C=O) groups is 1. The quantitative estimate of drug-likeness (QED) is 0.822. The Hall–Kier alpha value is -1.85. The van der Waals surface area contributed by atoms with Gasteiger partial charge < -0.3 is 15.2 Å². The van der Waals surface area contributed by atoms with Crippen molar-refractivity contribution in [2.24, 2.45) is 0 Å². The molecule has 0 unspecified atom stereocenters. The molecule has 0 aliphatic carbocycles.